The lowest BCUT2D eigenvalue weighted by Gasteiger charge is -2.55. The number of hydrogen-bond acceptors (Lipinski definition) is 4. The first kappa shape index (κ1) is 20.9. The van der Waals surface area contributed by atoms with Crippen LogP contribution in [0.3, 0.4) is 0 Å². The third kappa shape index (κ3) is 4.09. The van der Waals surface area contributed by atoms with Crippen molar-refractivity contribution in [3.05, 3.63) is 65.7 Å². The molecule has 2 aliphatic rings. The molecule has 0 amide bonds. The van der Waals surface area contributed by atoms with Crippen molar-refractivity contribution in [2.75, 3.05) is 26.2 Å². The van der Waals surface area contributed by atoms with Crippen LogP contribution in [0.25, 0.3) is 0 Å². The molecule has 5 heteroatoms. The molecule has 0 saturated carbocycles. The predicted molar refractivity (Wildman–Crippen MR) is 118 cm³/mol. The minimum atomic E-state index is -0.744. The molecule has 0 spiro atoms. The monoisotopic (exact) mass is 408 g/mol. The number of benzene rings is 2. The van der Waals surface area contributed by atoms with Gasteiger partial charge >= 0.3 is 5.97 Å². The Hall–Kier alpha value is -2.37. The number of piperidine rings is 1. The van der Waals surface area contributed by atoms with Crippen molar-refractivity contribution >= 4 is 5.97 Å². The van der Waals surface area contributed by atoms with Gasteiger partial charge < -0.3 is 10.2 Å². The van der Waals surface area contributed by atoms with E-state index in [0.29, 0.717) is 24.3 Å². The van der Waals surface area contributed by atoms with E-state index in [9.17, 15) is 15.0 Å². The summed E-state index contributed by atoms with van der Waals surface area (Å²) < 4.78 is 0. The van der Waals surface area contributed by atoms with Crippen LogP contribution < -0.4 is 0 Å². The van der Waals surface area contributed by atoms with Gasteiger partial charge in [0, 0.05) is 38.3 Å². The van der Waals surface area contributed by atoms with E-state index in [1.165, 1.54) is 11.1 Å². The van der Waals surface area contributed by atoms with Crippen LogP contribution in [-0.4, -0.2) is 58.2 Å². The number of carbonyl (C=O) groups is 1. The Bertz CT molecular complexity index is 887. The highest BCUT2D eigenvalue weighted by Crippen LogP contribution is 2.45. The third-order valence-electron chi connectivity index (χ3n) is 7.37. The van der Waals surface area contributed by atoms with E-state index >= 15 is 0 Å². The molecule has 0 aromatic heterocycles. The molecular weight excluding hydrogens is 376 g/mol. The zero-order valence-corrected chi connectivity index (χ0v) is 17.9. The molecule has 1 unspecified atom stereocenters. The van der Waals surface area contributed by atoms with Crippen molar-refractivity contribution in [2.45, 2.75) is 44.2 Å². The largest absolute Gasteiger partial charge is 0.508 e. The van der Waals surface area contributed by atoms with Gasteiger partial charge in [-0.15, -0.1) is 0 Å². The van der Waals surface area contributed by atoms with Crippen LogP contribution in [0.5, 0.6) is 5.75 Å². The van der Waals surface area contributed by atoms with Crippen molar-refractivity contribution in [3.63, 3.8) is 0 Å². The molecule has 160 valence electrons. The van der Waals surface area contributed by atoms with Gasteiger partial charge in [-0.2, -0.15) is 0 Å². The zero-order chi connectivity index (χ0) is 21.3. The Morgan fingerprint density at radius 3 is 2.57 bits per heavy atom. The highest BCUT2D eigenvalue weighted by atomic mass is 16.4. The van der Waals surface area contributed by atoms with Gasteiger partial charge in [-0.1, -0.05) is 56.3 Å². The average Bonchev–Trinajstić information content (AvgIpc) is 2.73. The summed E-state index contributed by atoms with van der Waals surface area (Å²) >= 11 is 0. The molecule has 30 heavy (non-hydrogen) atoms. The number of aromatic hydroxyl groups is 1. The molecule has 2 heterocycles. The van der Waals surface area contributed by atoms with Gasteiger partial charge in [0.1, 0.15) is 5.75 Å². The Kier molecular flexibility index (Phi) is 5.85. The normalized spacial score (nSPS) is 30.0. The predicted octanol–water partition coefficient (Wildman–Crippen LogP) is 3.89. The van der Waals surface area contributed by atoms with Crippen LogP contribution in [0.15, 0.2) is 54.6 Å². The molecule has 2 aliphatic heterocycles. The lowest BCUT2D eigenvalue weighted by atomic mass is 9.65. The average molecular weight is 409 g/mol. The fourth-order valence-corrected chi connectivity index (χ4v) is 5.40. The standard InChI is InChI=1S/C25H32N2O3/c1-18-15-27-17-23(19-7-4-3-5-8-19)26(12-11-24(29)30)16-21(27)14-25(18,2)20-9-6-10-22(28)13-20/h3-10,13,18,21,23,28H,11-12,14-17H2,1-2H3,(H,29,30)/t18-,21+,23?,25+/m0/s1. The molecule has 4 rings (SSSR count). The third-order valence-corrected chi connectivity index (χ3v) is 7.37. The first-order valence-electron chi connectivity index (χ1n) is 10.9. The van der Waals surface area contributed by atoms with E-state index < -0.39 is 5.97 Å². The molecular formula is C25H32N2O3. The number of carboxylic acid groups (broad SMARTS) is 1. The molecule has 2 N–H and O–H groups in total. The lowest BCUT2D eigenvalue weighted by Crippen LogP contribution is -2.61. The Labute approximate surface area is 178 Å². The van der Waals surface area contributed by atoms with Gasteiger partial charge in [0.2, 0.25) is 0 Å². The molecule has 2 saturated heterocycles. The van der Waals surface area contributed by atoms with Crippen LogP contribution in [0.2, 0.25) is 0 Å². The number of rotatable bonds is 5. The number of carboxylic acids is 1. The minimum absolute atomic E-state index is 0.0159. The zero-order valence-electron chi connectivity index (χ0n) is 17.9. The maximum Gasteiger partial charge on any atom is 0.304 e. The van der Waals surface area contributed by atoms with E-state index in [0.717, 1.165) is 26.1 Å². The van der Waals surface area contributed by atoms with Crippen molar-refractivity contribution in [2.24, 2.45) is 5.92 Å². The van der Waals surface area contributed by atoms with Crippen LogP contribution in [0, 0.1) is 5.92 Å². The summed E-state index contributed by atoms with van der Waals surface area (Å²) in [7, 11) is 0. The number of piperazine rings is 1. The van der Waals surface area contributed by atoms with Crippen LogP contribution in [-0.2, 0) is 10.2 Å². The summed E-state index contributed by atoms with van der Waals surface area (Å²) in [6.07, 6.45) is 1.17. The molecule has 4 atom stereocenters. The Balaban J connectivity index is 1.59. The van der Waals surface area contributed by atoms with Gasteiger partial charge in [0.05, 0.1) is 6.42 Å². The molecule has 0 radical (unpaired) electrons. The highest BCUT2D eigenvalue weighted by Gasteiger charge is 2.46. The number of aliphatic carboxylic acids is 1. The van der Waals surface area contributed by atoms with E-state index in [4.69, 9.17) is 0 Å². The summed E-state index contributed by atoms with van der Waals surface area (Å²) in [5, 5.41) is 19.3. The Morgan fingerprint density at radius 1 is 1.10 bits per heavy atom. The molecule has 0 aliphatic carbocycles. The number of nitrogens with zero attached hydrogens (tertiary/aromatic N) is 2. The molecule has 0 bridgehead atoms. The van der Waals surface area contributed by atoms with Gasteiger partial charge in [0.25, 0.3) is 0 Å². The highest BCUT2D eigenvalue weighted by molar-refractivity contribution is 5.66. The van der Waals surface area contributed by atoms with Crippen molar-refractivity contribution in [1.29, 1.82) is 0 Å². The summed E-state index contributed by atoms with van der Waals surface area (Å²) in [5.41, 5.74) is 2.44. The van der Waals surface area contributed by atoms with Crippen molar-refractivity contribution in [1.82, 2.24) is 9.80 Å². The first-order chi connectivity index (χ1) is 14.4. The first-order valence-corrected chi connectivity index (χ1v) is 10.9. The number of phenols is 1. The summed E-state index contributed by atoms with van der Waals surface area (Å²) in [6.45, 7) is 8.00. The smallest absolute Gasteiger partial charge is 0.304 e. The lowest BCUT2D eigenvalue weighted by molar-refractivity contribution is -0.138. The summed E-state index contributed by atoms with van der Waals surface area (Å²) in [6, 6.07) is 18.8. The fraction of sp³-hybridized carbons (Fsp3) is 0.480. The second kappa shape index (κ2) is 8.40. The van der Waals surface area contributed by atoms with E-state index in [1.807, 2.05) is 18.2 Å². The van der Waals surface area contributed by atoms with Gasteiger partial charge in [0.15, 0.2) is 0 Å². The number of phenolic OH excluding ortho intramolecular Hbond substituents is 1. The second-order valence-corrected chi connectivity index (χ2v) is 9.25. The van der Waals surface area contributed by atoms with E-state index in [-0.39, 0.29) is 17.9 Å². The quantitative estimate of drug-likeness (QED) is 0.786. The number of fused-ring (bicyclic) bond motifs is 1. The molecule has 2 aromatic carbocycles. The fourth-order valence-electron chi connectivity index (χ4n) is 5.40. The van der Waals surface area contributed by atoms with Gasteiger partial charge in [-0.3, -0.25) is 14.6 Å². The molecule has 2 fully saturated rings. The second-order valence-electron chi connectivity index (χ2n) is 9.25. The van der Waals surface area contributed by atoms with Gasteiger partial charge in [-0.05, 0) is 41.0 Å². The van der Waals surface area contributed by atoms with Crippen molar-refractivity contribution in [3.8, 4) is 5.75 Å². The minimum Gasteiger partial charge on any atom is -0.508 e. The topological polar surface area (TPSA) is 64.0 Å². The SMILES string of the molecule is C[C@H]1CN2CC(c3ccccc3)N(CCC(=O)O)C[C@H]2C[C@@]1(C)c1cccc(O)c1. The molecule has 2 aromatic rings. The summed E-state index contributed by atoms with van der Waals surface area (Å²) in [5.74, 6) is 0.0304. The maximum absolute atomic E-state index is 11.3. The summed E-state index contributed by atoms with van der Waals surface area (Å²) in [4.78, 5) is 16.2. The van der Waals surface area contributed by atoms with Crippen LogP contribution >= 0.6 is 0 Å². The number of hydrogen-bond donors (Lipinski definition) is 2. The molecule has 5 nitrogen and oxygen atoms in total. The van der Waals surface area contributed by atoms with E-state index in [1.54, 1.807) is 6.07 Å². The Morgan fingerprint density at radius 2 is 1.87 bits per heavy atom. The van der Waals surface area contributed by atoms with Gasteiger partial charge in [-0.25, -0.2) is 0 Å². The van der Waals surface area contributed by atoms with Crippen LogP contribution in [0.4, 0.5) is 0 Å². The van der Waals surface area contributed by atoms with Crippen LogP contribution in [0.1, 0.15) is 43.9 Å². The van der Waals surface area contributed by atoms with Crippen molar-refractivity contribution < 1.29 is 15.0 Å². The van der Waals surface area contributed by atoms with E-state index in [2.05, 4.69) is 54.0 Å². The maximum atomic E-state index is 11.3.